The van der Waals surface area contributed by atoms with Crippen molar-refractivity contribution in [2.24, 2.45) is 5.41 Å². The van der Waals surface area contributed by atoms with Crippen molar-refractivity contribution in [3.8, 4) is 6.07 Å². The highest BCUT2D eigenvalue weighted by molar-refractivity contribution is 5.00. The maximum atomic E-state index is 9.35. The van der Waals surface area contributed by atoms with Crippen molar-refractivity contribution in [1.29, 1.82) is 5.26 Å². The van der Waals surface area contributed by atoms with E-state index in [1.165, 1.54) is 44.9 Å². The van der Waals surface area contributed by atoms with Gasteiger partial charge in [0.25, 0.3) is 0 Å². The highest BCUT2D eigenvalue weighted by atomic mass is 16.5. The Kier molecular flexibility index (Phi) is 4.23. The van der Waals surface area contributed by atoms with E-state index in [2.05, 4.69) is 6.07 Å². The molecule has 0 aromatic rings. The van der Waals surface area contributed by atoms with Crippen LogP contribution >= 0.6 is 0 Å². The summed E-state index contributed by atoms with van der Waals surface area (Å²) in [4.78, 5) is 0. The molecule has 90 valence electrons. The first-order valence-electron chi connectivity index (χ1n) is 6.88. The fraction of sp³-hybridized carbons (Fsp3) is 0.929. The SMILES string of the molecule is N#CC1(CCCC2CCCO2)CCCCC1. The molecule has 16 heavy (non-hydrogen) atoms. The summed E-state index contributed by atoms with van der Waals surface area (Å²) in [6, 6.07) is 2.60. The van der Waals surface area contributed by atoms with Gasteiger partial charge in [0.2, 0.25) is 0 Å². The summed E-state index contributed by atoms with van der Waals surface area (Å²) in [5, 5.41) is 9.35. The predicted molar refractivity (Wildman–Crippen MR) is 64.0 cm³/mol. The molecule has 2 aliphatic rings. The van der Waals surface area contributed by atoms with Crippen LogP contribution in [0.2, 0.25) is 0 Å². The summed E-state index contributed by atoms with van der Waals surface area (Å²) < 4.78 is 5.63. The van der Waals surface area contributed by atoms with Crippen LogP contribution in [-0.2, 0) is 4.74 Å². The van der Waals surface area contributed by atoms with Crippen molar-refractivity contribution in [3.63, 3.8) is 0 Å². The molecule has 2 heteroatoms. The van der Waals surface area contributed by atoms with Crippen molar-refractivity contribution in [2.75, 3.05) is 6.61 Å². The van der Waals surface area contributed by atoms with Crippen LogP contribution in [0.1, 0.15) is 64.2 Å². The second-order valence-corrected chi connectivity index (χ2v) is 5.48. The summed E-state index contributed by atoms with van der Waals surface area (Å²) in [7, 11) is 0. The van der Waals surface area contributed by atoms with E-state index in [-0.39, 0.29) is 5.41 Å². The zero-order valence-electron chi connectivity index (χ0n) is 10.2. The standard InChI is InChI=1S/C14H23NO/c15-12-14(8-2-1-3-9-14)10-4-6-13-7-5-11-16-13/h13H,1-11H2. The quantitative estimate of drug-likeness (QED) is 0.723. The van der Waals surface area contributed by atoms with Crippen molar-refractivity contribution in [3.05, 3.63) is 0 Å². The van der Waals surface area contributed by atoms with Gasteiger partial charge in [-0.2, -0.15) is 5.26 Å². The van der Waals surface area contributed by atoms with E-state index in [1.807, 2.05) is 0 Å². The summed E-state index contributed by atoms with van der Waals surface area (Å²) in [5.41, 5.74) is 0.0247. The van der Waals surface area contributed by atoms with E-state index < -0.39 is 0 Å². The van der Waals surface area contributed by atoms with Gasteiger partial charge in [-0.15, -0.1) is 0 Å². The molecular weight excluding hydrogens is 198 g/mol. The van der Waals surface area contributed by atoms with E-state index in [0.717, 1.165) is 25.9 Å². The molecule has 0 radical (unpaired) electrons. The largest absolute Gasteiger partial charge is 0.378 e. The van der Waals surface area contributed by atoms with Crippen LogP contribution in [0, 0.1) is 16.7 Å². The first kappa shape index (κ1) is 11.9. The number of rotatable bonds is 4. The lowest BCUT2D eigenvalue weighted by atomic mass is 9.72. The van der Waals surface area contributed by atoms with Gasteiger partial charge < -0.3 is 4.74 Å². The van der Waals surface area contributed by atoms with E-state index in [9.17, 15) is 5.26 Å². The van der Waals surface area contributed by atoms with Crippen LogP contribution in [0.4, 0.5) is 0 Å². The molecule has 1 heterocycles. The van der Waals surface area contributed by atoms with Crippen molar-refractivity contribution < 1.29 is 4.74 Å². The maximum absolute atomic E-state index is 9.35. The molecule has 0 bridgehead atoms. The number of hydrogen-bond donors (Lipinski definition) is 0. The minimum Gasteiger partial charge on any atom is -0.378 e. The molecule has 0 N–H and O–H groups in total. The third-order valence-electron chi connectivity index (χ3n) is 4.25. The Balaban J connectivity index is 1.72. The van der Waals surface area contributed by atoms with Crippen LogP contribution < -0.4 is 0 Å². The van der Waals surface area contributed by atoms with Gasteiger partial charge in [0.15, 0.2) is 0 Å². The highest BCUT2D eigenvalue weighted by Gasteiger charge is 2.31. The van der Waals surface area contributed by atoms with Gasteiger partial charge in [-0.1, -0.05) is 19.3 Å². The van der Waals surface area contributed by atoms with Gasteiger partial charge >= 0.3 is 0 Å². The van der Waals surface area contributed by atoms with E-state index >= 15 is 0 Å². The fourth-order valence-corrected chi connectivity index (χ4v) is 3.19. The lowest BCUT2D eigenvalue weighted by Crippen LogP contribution is -2.22. The topological polar surface area (TPSA) is 33.0 Å². The van der Waals surface area contributed by atoms with Gasteiger partial charge in [0.05, 0.1) is 17.6 Å². The zero-order valence-corrected chi connectivity index (χ0v) is 10.2. The summed E-state index contributed by atoms with van der Waals surface area (Å²) in [5.74, 6) is 0. The molecule has 2 rings (SSSR count). The van der Waals surface area contributed by atoms with Crippen molar-refractivity contribution >= 4 is 0 Å². The van der Waals surface area contributed by atoms with E-state index in [4.69, 9.17) is 4.74 Å². The van der Waals surface area contributed by atoms with Crippen LogP contribution in [0.25, 0.3) is 0 Å². The first-order valence-corrected chi connectivity index (χ1v) is 6.88. The molecule has 1 aliphatic heterocycles. The second-order valence-electron chi connectivity index (χ2n) is 5.48. The first-order chi connectivity index (χ1) is 7.85. The van der Waals surface area contributed by atoms with Crippen molar-refractivity contribution in [1.82, 2.24) is 0 Å². The molecule has 0 spiro atoms. The molecule has 1 aliphatic carbocycles. The third kappa shape index (κ3) is 2.98. The number of nitriles is 1. The Hall–Kier alpha value is -0.550. The van der Waals surface area contributed by atoms with Gasteiger partial charge in [-0.05, 0) is 44.9 Å². The van der Waals surface area contributed by atoms with Crippen molar-refractivity contribution in [2.45, 2.75) is 70.3 Å². The normalized spacial score (nSPS) is 28.8. The van der Waals surface area contributed by atoms with E-state index in [1.54, 1.807) is 0 Å². The molecule has 1 saturated heterocycles. The fourth-order valence-electron chi connectivity index (χ4n) is 3.19. The molecule has 1 saturated carbocycles. The average Bonchev–Trinajstić information content (AvgIpc) is 2.83. The molecule has 0 amide bonds. The van der Waals surface area contributed by atoms with Gasteiger partial charge in [0.1, 0.15) is 0 Å². The summed E-state index contributed by atoms with van der Waals surface area (Å²) in [6.45, 7) is 0.952. The predicted octanol–water partition coefficient (Wildman–Crippen LogP) is 3.81. The second kappa shape index (κ2) is 5.68. The Labute approximate surface area is 99.0 Å². The zero-order chi connectivity index (χ0) is 11.3. The average molecular weight is 221 g/mol. The van der Waals surface area contributed by atoms with Crippen LogP contribution in [-0.4, -0.2) is 12.7 Å². The molecule has 1 atom stereocenters. The highest BCUT2D eigenvalue weighted by Crippen LogP contribution is 2.40. The number of nitrogens with zero attached hydrogens (tertiary/aromatic N) is 1. The van der Waals surface area contributed by atoms with Gasteiger partial charge in [-0.3, -0.25) is 0 Å². The summed E-state index contributed by atoms with van der Waals surface area (Å²) in [6.07, 6.45) is 12.5. The van der Waals surface area contributed by atoms with Crippen LogP contribution in [0.3, 0.4) is 0 Å². The Bertz CT molecular complexity index is 244. The molecule has 2 fully saturated rings. The maximum Gasteiger partial charge on any atom is 0.0689 e. The molecule has 0 aromatic carbocycles. The number of hydrogen-bond acceptors (Lipinski definition) is 2. The smallest absolute Gasteiger partial charge is 0.0689 e. The minimum absolute atomic E-state index is 0.0247. The Morgan fingerprint density at radius 2 is 2.00 bits per heavy atom. The molecule has 2 nitrogen and oxygen atoms in total. The van der Waals surface area contributed by atoms with E-state index in [0.29, 0.717) is 6.10 Å². The number of ether oxygens (including phenoxy) is 1. The minimum atomic E-state index is 0.0247. The Morgan fingerprint density at radius 3 is 2.62 bits per heavy atom. The molecular formula is C14H23NO. The lowest BCUT2D eigenvalue weighted by molar-refractivity contribution is 0.0976. The molecule has 1 unspecified atom stereocenters. The molecule has 0 aromatic heterocycles. The van der Waals surface area contributed by atoms with Crippen LogP contribution in [0.15, 0.2) is 0 Å². The van der Waals surface area contributed by atoms with Crippen LogP contribution in [0.5, 0.6) is 0 Å². The van der Waals surface area contributed by atoms with Gasteiger partial charge in [0, 0.05) is 6.61 Å². The Morgan fingerprint density at radius 1 is 1.19 bits per heavy atom. The lowest BCUT2D eigenvalue weighted by Gasteiger charge is -2.30. The summed E-state index contributed by atoms with van der Waals surface area (Å²) >= 11 is 0. The third-order valence-corrected chi connectivity index (χ3v) is 4.25. The van der Waals surface area contributed by atoms with Gasteiger partial charge in [-0.25, -0.2) is 0 Å². The monoisotopic (exact) mass is 221 g/mol.